The lowest BCUT2D eigenvalue weighted by Crippen LogP contribution is -2.25. The van der Waals surface area contributed by atoms with Crippen molar-refractivity contribution in [2.75, 3.05) is 0 Å². The predicted octanol–water partition coefficient (Wildman–Crippen LogP) is 4.16. The number of thiophene rings is 1. The minimum absolute atomic E-state index is 0.229. The summed E-state index contributed by atoms with van der Waals surface area (Å²) < 4.78 is 1.19. The van der Waals surface area contributed by atoms with Gasteiger partial charge in [0.1, 0.15) is 0 Å². The van der Waals surface area contributed by atoms with E-state index >= 15 is 0 Å². The Hall–Kier alpha value is -0.120. The van der Waals surface area contributed by atoms with Gasteiger partial charge in [0.15, 0.2) is 0 Å². The minimum Gasteiger partial charge on any atom is -0.389 e. The summed E-state index contributed by atoms with van der Waals surface area (Å²) in [4.78, 5) is 1.36. The number of hydrogen-bond donors (Lipinski definition) is 1. The molecular formula is C13H17BrOS. The first kappa shape index (κ1) is 12.3. The number of hydrogen-bond acceptors (Lipinski definition) is 2. The van der Waals surface area contributed by atoms with Gasteiger partial charge < -0.3 is 5.11 Å². The van der Waals surface area contributed by atoms with Gasteiger partial charge in [-0.2, -0.15) is 0 Å². The molecule has 0 radical (unpaired) electrons. The standard InChI is InChI=1S/C13H17BrOS/c1-13(2)7-9(5-10(15)8-13)6-12-11(14)3-4-16-12/h3-5,10,15H,6-8H2,1-2H3. The largest absolute Gasteiger partial charge is 0.389 e. The molecule has 1 heterocycles. The average molecular weight is 301 g/mol. The van der Waals surface area contributed by atoms with Crippen molar-refractivity contribution in [1.29, 1.82) is 0 Å². The van der Waals surface area contributed by atoms with Crippen molar-refractivity contribution in [3.63, 3.8) is 0 Å². The van der Waals surface area contributed by atoms with E-state index in [1.165, 1.54) is 14.9 Å². The van der Waals surface area contributed by atoms with Crippen LogP contribution >= 0.6 is 27.3 Å². The Bertz CT molecular complexity index is 406. The van der Waals surface area contributed by atoms with Gasteiger partial charge in [-0.1, -0.05) is 25.5 Å². The molecule has 0 saturated carbocycles. The van der Waals surface area contributed by atoms with Gasteiger partial charge in [-0.25, -0.2) is 0 Å². The lowest BCUT2D eigenvalue weighted by Gasteiger charge is -2.32. The van der Waals surface area contributed by atoms with Crippen LogP contribution in [0.3, 0.4) is 0 Å². The summed E-state index contributed by atoms with van der Waals surface area (Å²) in [7, 11) is 0. The lowest BCUT2D eigenvalue weighted by molar-refractivity contribution is 0.138. The van der Waals surface area contributed by atoms with Gasteiger partial charge in [0.25, 0.3) is 0 Å². The van der Waals surface area contributed by atoms with Crippen molar-refractivity contribution in [2.24, 2.45) is 5.41 Å². The fourth-order valence-electron chi connectivity index (χ4n) is 2.42. The van der Waals surface area contributed by atoms with Crippen molar-refractivity contribution in [1.82, 2.24) is 0 Å². The fraction of sp³-hybridized carbons (Fsp3) is 0.538. The molecule has 0 saturated heterocycles. The second-order valence-corrected chi connectivity index (χ2v) is 7.16. The summed E-state index contributed by atoms with van der Waals surface area (Å²) >= 11 is 5.33. The van der Waals surface area contributed by atoms with Crippen molar-refractivity contribution in [3.8, 4) is 0 Å². The molecule has 0 aromatic carbocycles. The van der Waals surface area contributed by atoms with Crippen LogP contribution in [-0.2, 0) is 6.42 Å². The fourth-order valence-corrected chi connectivity index (χ4v) is 3.97. The summed E-state index contributed by atoms with van der Waals surface area (Å²) in [6.07, 6.45) is 4.71. The second-order valence-electron chi connectivity index (χ2n) is 5.31. The highest BCUT2D eigenvalue weighted by atomic mass is 79.9. The highest BCUT2D eigenvalue weighted by Gasteiger charge is 2.27. The topological polar surface area (TPSA) is 20.2 Å². The zero-order chi connectivity index (χ0) is 11.8. The van der Waals surface area contributed by atoms with Gasteiger partial charge in [-0.3, -0.25) is 0 Å². The van der Waals surface area contributed by atoms with Crippen LogP contribution in [0.15, 0.2) is 27.6 Å². The number of allylic oxidation sites excluding steroid dienone is 1. The van der Waals surface area contributed by atoms with Crippen LogP contribution < -0.4 is 0 Å². The van der Waals surface area contributed by atoms with E-state index in [-0.39, 0.29) is 11.5 Å². The van der Waals surface area contributed by atoms with Crippen LogP contribution in [0.4, 0.5) is 0 Å². The van der Waals surface area contributed by atoms with Gasteiger partial charge in [-0.05, 0) is 45.6 Å². The SMILES string of the molecule is CC1(C)CC(Cc2sccc2Br)=CC(O)C1. The van der Waals surface area contributed by atoms with Crippen LogP contribution in [0, 0.1) is 5.41 Å². The Labute approximate surface area is 109 Å². The van der Waals surface area contributed by atoms with Crippen LogP contribution in [0.25, 0.3) is 0 Å². The summed E-state index contributed by atoms with van der Waals surface area (Å²) in [6, 6.07) is 2.09. The zero-order valence-electron chi connectivity index (χ0n) is 9.66. The number of aliphatic hydroxyl groups is 1. The molecule has 0 amide bonds. The van der Waals surface area contributed by atoms with Crippen LogP contribution in [0.2, 0.25) is 0 Å². The van der Waals surface area contributed by atoms with Crippen LogP contribution in [-0.4, -0.2) is 11.2 Å². The molecule has 88 valence electrons. The van der Waals surface area contributed by atoms with E-state index in [0.717, 1.165) is 19.3 Å². The molecule has 2 rings (SSSR count). The molecule has 0 bridgehead atoms. The van der Waals surface area contributed by atoms with Gasteiger partial charge >= 0.3 is 0 Å². The first-order valence-electron chi connectivity index (χ1n) is 5.56. The molecule has 1 aromatic heterocycles. The number of aliphatic hydroxyl groups excluding tert-OH is 1. The maximum atomic E-state index is 9.83. The molecule has 1 aromatic rings. The van der Waals surface area contributed by atoms with Crippen LogP contribution in [0.5, 0.6) is 0 Å². The normalized spacial score (nSPS) is 24.2. The maximum absolute atomic E-state index is 9.83. The van der Waals surface area contributed by atoms with Gasteiger partial charge in [0.05, 0.1) is 6.10 Å². The Morgan fingerprint density at radius 3 is 2.88 bits per heavy atom. The van der Waals surface area contributed by atoms with Crippen molar-refractivity contribution in [2.45, 2.75) is 39.2 Å². The van der Waals surface area contributed by atoms with E-state index in [0.29, 0.717) is 0 Å². The molecule has 1 unspecified atom stereocenters. The molecule has 16 heavy (non-hydrogen) atoms. The molecular weight excluding hydrogens is 284 g/mol. The first-order chi connectivity index (χ1) is 7.46. The summed E-state index contributed by atoms with van der Waals surface area (Å²) in [5.74, 6) is 0. The van der Waals surface area contributed by atoms with Crippen LogP contribution in [0.1, 0.15) is 31.6 Å². The molecule has 0 aliphatic heterocycles. The summed E-state index contributed by atoms with van der Waals surface area (Å²) in [6.45, 7) is 4.46. The Morgan fingerprint density at radius 2 is 2.31 bits per heavy atom. The van der Waals surface area contributed by atoms with E-state index in [1.807, 2.05) is 6.08 Å². The number of halogens is 1. The highest BCUT2D eigenvalue weighted by Crippen LogP contribution is 2.38. The van der Waals surface area contributed by atoms with Gasteiger partial charge in [-0.15, -0.1) is 11.3 Å². The third-order valence-corrected chi connectivity index (χ3v) is 4.90. The van der Waals surface area contributed by atoms with Crippen molar-refractivity contribution < 1.29 is 5.11 Å². The first-order valence-corrected chi connectivity index (χ1v) is 7.23. The molecule has 1 nitrogen and oxygen atoms in total. The molecule has 1 aliphatic carbocycles. The van der Waals surface area contributed by atoms with E-state index in [4.69, 9.17) is 0 Å². The molecule has 1 aliphatic rings. The third-order valence-electron chi connectivity index (χ3n) is 2.97. The molecule has 1 atom stereocenters. The second kappa shape index (κ2) is 4.63. The minimum atomic E-state index is -0.266. The Kier molecular flexibility index (Phi) is 3.57. The van der Waals surface area contributed by atoms with Gasteiger partial charge in [0, 0.05) is 15.8 Å². The average Bonchev–Trinajstić information content (AvgIpc) is 2.48. The van der Waals surface area contributed by atoms with E-state index in [9.17, 15) is 5.11 Å². The third kappa shape index (κ3) is 2.96. The van der Waals surface area contributed by atoms with E-state index in [1.54, 1.807) is 11.3 Å². The smallest absolute Gasteiger partial charge is 0.0728 e. The van der Waals surface area contributed by atoms with Crippen molar-refractivity contribution in [3.05, 3.63) is 32.4 Å². The molecule has 1 N–H and O–H groups in total. The number of rotatable bonds is 2. The Morgan fingerprint density at radius 1 is 1.56 bits per heavy atom. The van der Waals surface area contributed by atoms with E-state index in [2.05, 4.69) is 41.2 Å². The highest BCUT2D eigenvalue weighted by molar-refractivity contribution is 9.10. The van der Waals surface area contributed by atoms with Crippen molar-refractivity contribution >= 4 is 27.3 Å². The molecule has 3 heteroatoms. The predicted molar refractivity (Wildman–Crippen MR) is 72.8 cm³/mol. The van der Waals surface area contributed by atoms with Gasteiger partial charge in [0.2, 0.25) is 0 Å². The summed E-state index contributed by atoms with van der Waals surface area (Å²) in [5.41, 5.74) is 1.60. The molecule has 0 fully saturated rings. The molecule has 0 spiro atoms. The Balaban J connectivity index is 2.13. The zero-order valence-corrected chi connectivity index (χ0v) is 12.1. The quantitative estimate of drug-likeness (QED) is 0.813. The lowest BCUT2D eigenvalue weighted by atomic mass is 9.75. The maximum Gasteiger partial charge on any atom is 0.0728 e. The van der Waals surface area contributed by atoms with E-state index < -0.39 is 0 Å². The summed E-state index contributed by atoms with van der Waals surface area (Å²) in [5, 5.41) is 11.9. The monoisotopic (exact) mass is 300 g/mol.